The van der Waals surface area contributed by atoms with E-state index in [-0.39, 0.29) is 11.6 Å². The molecule has 0 bridgehead atoms. The van der Waals surface area contributed by atoms with Gasteiger partial charge >= 0.3 is 0 Å². The van der Waals surface area contributed by atoms with E-state index < -0.39 is 0 Å². The molecule has 2 nitrogen and oxygen atoms in total. The minimum atomic E-state index is -0.348. The summed E-state index contributed by atoms with van der Waals surface area (Å²) in [7, 11) is 1.67. The number of anilines is 1. The van der Waals surface area contributed by atoms with Gasteiger partial charge in [0.15, 0.2) is 11.6 Å². The fourth-order valence-electron chi connectivity index (χ4n) is 1.05. The molecular weight excluding hydrogens is 181 g/mol. The Hall–Kier alpha value is -1.51. The molecule has 1 aromatic rings. The molecule has 3 heteroatoms. The molecule has 0 aliphatic carbocycles. The van der Waals surface area contributed by atoms with Gasteiger partial charge in [0.2, 0.25) is 0 Å². The predicted molar refractivity (Wildman–Crippen MR) is 56.3 cm³/mol. The Morgan fingerprint density at radius 2 is 2.29 bits per heavy atom. The van der Waals surface area contributed by atoms with E-state index in [9.17, 15) is 4.39 Å². The van der Waals surface area contributed by atoms with Crippen LogP contribution in [0.5, 0.6) is 5.75 Å². The first-order valence-electron chi connectivity index (χ1n) is 4.49. The lowest BCUT2D eigenvalue weighted by molar-refractivity contribution is 0.342. The quantitative estimate of drug-likeness (QED) is 0.746. The fourth-order valence-corrected chi connectivity index (χ4v) is 1.05. The third-order valence-electron chi connectivity index (χ3n) is 1.80. The Morgan fingerprint density at radius 1 is 1.50 bits per heavy atom. The van der Waals surface area contributed by atoms with Crippen molar-refractivity contribution in [2.75, 3.05) is 19.0 Å². The van der Waals surface area contributed by atoms with Crippen molar-refractivity contribution in [1.29, 1.82) is 0 Å². The van der Waals surface area contributed by atoms with Crippen LogP contribution in [-0.2, 0) is 0 Å². The SMILES string of the molecule is C/C=C/COc1cccc(NC)c1F. The summed E-state index contributed by atoms with van der Waals surface area (Å²) in [5.41, 5.74) is 0.447. The van der Waals surface area contributed by atoms with Crippen molar-refractivity contribution >= 4 is 5.69 Å². The third kappa shape index (κ3) is 2.49. The van der Waals surface area contributed by atoms with Crippen LogP contribution in [0.15, 0.2) is 30.4 Å². The Morgan fingerprint density at radius 3 is 2.93 bits per heavy atom. The van der Waals surface area contributed by atoms with E-state index in [1.54, 1.807) is 25.2 Å². The monoisotopic (exact) mass is 195 g/mol. The van der Waals surface area contributed by atoms with E-state index in [0.717, 1.165) is 0 Å². The highest BCUT2D eigenvalue weighted by Gasteiger charge is 2.06. The number of nitrogens with one attached hydrogen (secondary N) is 1. The van der Waals surface area contributed by atoms with Crippen LogP contribution in [0.1, 0.15) is 6.92 Å². The zero-order valence-corrected chi connectivity index (χ0v) is 8.38. The number of hydrogen-bond acceptors (Lipinski definition) is 2. The Balaban J connectivity index is 2.76. The molecule has 0 spiro atoms. The maximum Gasteiger partial charge on any atom is 0.188 e. The van der Waals surface area contributed by atoms with Crippen LogP contribution in [0.2, 0.25) is 0 Å². The predicted octanol–water partition coefficient (Wildman–Crippen LogP) is 2.82. The highest BCUT2D eigenvalue weighted by molar-refractivity contribution is 5.49. The van der Waals surface area contributed by atoms with E-state index in [1.165, 1.54) is 0 Å². The zero-order chi connectivity index (χ0) is 10.4. The normalized spacial score (nSPS) is 10.5. The van der Waals surface area contributed by atoms with Crippen LogP contribution in [0.3, 0.4) is 0 Å². The second-order valence-electron chi connectivity index (χ2n) is 2.75. The maximum absolute atomic E-state index is 13.5. The minimum Gasteiger partial charge on any atom is -0.486 e. The van der Waals surface area contributed by atoms with Crippen molar-refractivity contribution < 1.29 is 9.13 Å². The van der Waals surface area contributed by atoms with Crippen molar-refractivity contribution in [3.05, 3.63) is 36.2 Å². The number of rotatable bonds is 4. The summed E-state index contributed by atoms with van der Waals surface area (Å²) >= 11 is 0. The van der Waals surface area contributed by atoms with Gasteiger partial charge in [-0.15, -0.1) is 0 Å². The van der Waals surface area contributed by atoms with Crippen LogP contribution in [0.25, 0.3) is 0 Å². The van der Waals surface area contributed by atoms with Gasteiger partial charge in [-0.05, 0) is 19.1 Å². The molecule has 0 heterocycles. The molecule has 0 atom stereocenters. The van der Waals surface area contributed by atoms with E-state index in [0.29, 0.717) is 12.3 Å². The molecule has 0 fully saturated rings. The molecule has 1 rings (SSSR count). The summed E-state index contributed by atoms with van der Waals surface area (Å²) in [5, 5.41) is 2.75. The topological polar surface area (TPSA) is 21.3 Å². The van der Waals surface area contributed by atoms with Gasteiger partial charge in [0.1, 0.15) is 6.61 Å². The summed E-state index contributed by atoms with van der Waals surface area (Å²) in [6.45, 7) is 2.28. The first kappa shape index (κ1) is 10.6. The van der Waals surface area contributed by atoms with Crippen molar-refractivity contribution in [2.45, 2.75) is 6.92 Å². The first-order valence-corrected chi connectivity index (χ1v) is 4.49. The van der Waals surface area contributed by atoms with Gasteiger partial charge in [-0.2, -0.15) is 0 Å². The number of benzene rings is 1. The largest absolute Gasteiger partial charge is 0.486 e. The molecule has 0 aromatic heterocycles. The Kier molecular flexibility index (Phi) is 3.98. The Bertz CT molecular complexity index is 323. The highest BCUT2D eigenvalue weighted by Crippen LogP contribution is 2.23. The summed E-state index contributed by atoms with van der Waals surface area (Å²) in [6, 6.07) is 5.03. The number of halogens is 1. The standard InChI is InChI=1S/C11H14FNO/c1-3-4-8-14-10-7-5-6-9(13-2)11(10)12/h3-7,13H,8H2,1-2H3/b4-3+. The van der Waals surface area contributed by atoms with Gasteiger partial charge in [0, 0.05) is 7.05 Å². The van der Waals surface area contributed by atoms with Crippen molar-refractivity contribution in [3.8, 4) is 5.75 Å². The third-order valence-corrected chi connectivity index (χ3v) is 1.80. The summed E-state index contributed by atoms with van der Waals surface area (Å²) in [4.78, 5) is 0. The molecule has 0 unspecified atom stereocenters. The molecule has 0 aliphatic heterocycles. The van der Waals surface area contributed by atoms with E-state index in [1.807, 2.05) is 19.1 Å². The lowest BCUT2D eigenvalue weighted by Crippen LogP contribution is -1.99. The fraction of sp³-hybridized carbons (Fsp3) is 0.273. The van der Waals surface area contributed by atoms with Gasteiger partial charge in [-0.3, -0.25) is 0 Å². The maximum atomic E-state index is 13.5. The molecule has 76 valence electrons. The number of ether oxygens (including phenoxy) is 1. The summed E-state index contributed by atoms with van der Waals surface area (Å²) < 4.78 is 18.7. The Labute approximate surface area is 83.4 Å². The van der Waals surface area contributed by atoms with Gasteiger partial charge in [-0.25, -0.2) is 4.39 Å². The highest BCUT2D eigenvalue weighted by atomic mass is 19.1. The van der Waals surface area contributed by atoms with Crippen molar-refractivity contribution in [3.63, 3.8) is 0 Å². The van der Waals surface area contributed by atoms with E-state index in [2.05, 4.69) is 5.32 Å². The average Bonchev–Trinajstić information content (AvgIpc) is 2.21. The van der Waals surface area contributed by atoms with Crippen molar-refractivity contribution in [2.24, 2.45) is 0 Å². The zero-order valence-electron chi connectivity index (χ0n) is 8.38. The van der Waals surface area contributed by atoms with Crippen LogP contribution in [-0.4, -0.2) is 13.7 Å². The minimum absolute atomic E-state index is 0.273. The molecule has 1 N–H and O–H groups in total. The lowest BCUT2D eigenvalue weighted by Gasteiger charge is -2.07. The number of allylic oxidation sites excluding steroid dienone is 1. The summed E-state index contributed by atoms with van der Waals surface area (Å²) in [6.07, 6.45) is 3.69. The first-order chi connectivity index (χ1) is 6.79. The van der Waals surface area contributed by atoms with Gasteiger partial charge in [-0.1, -0.05) is 18.2 Å². The molecule has 0 saturated heterocycles. The van der Waals surface area contributed by atoms with E-state index >= 15 is 0 Å². The molecule has 0 saturated carbocycles. The van der Waals surface area contributed by atoms with Gasteiger partial charge in [0.05, 0.1) is 5.69 Å². The van der Waals surface area contributed by atoms with Gasteiger partial charge in [0.25, 0.3) is 0 Å². The van der Waals surface area contributed by atoms with Gasteiger partial charge < -0.3 is 10.1 Å². The van der Waals surface area contributed by atoms with Crippen LogP contribution < -0.4 is 10.1 Å². The second-order valence-corrected chi connectivity index (χ2v) is 2.75. The molecule has 14 heavy (non-hydrogen) atoms. The van der Waals surface area contributed by atoms with Crippen molar-refractivity contribution in [1.82, 2.24) is 0 Å². The van der Waals surface area contributed by atoms with Crippen LogP contribution in [0, 0.1) is 5.82 Å². The van der Waals surface area contributed by atoms with E-state index in [4.69, 9.17) is 4.74 Å². The smallest absolute Gasteiger partial charge is 0.188 e. The number of hydrogen-bond donors (Lipinski definition) is 1. The van der Waals surface area contributed by atoms with Crippen LogP contribution >= 0.6 is 0 Å². The molecule has 0 radical (unpaired) electrons. The molecule has 0 aliphatic rings. The van der Waals surface area contributed by atoms with Crippen LogP contribution in [0.4, 0.5) is 10.1 Å². The molecule has 0 amide bonds. The second kappa shape index (κ2) is 5.27. The lowest BCUT2D eigenvalue weighted by atomic mass is 10.3. The molecule has 1 aromatic carbocycles. The molecular formula is C11H14FNO. The average molecular weight is 195 g/mol. The summed E-state index contributed by atoms with van der Waals surface area (Å²) in [5.74, 6) is -0.0746.